The van der Waals surface area contributed by atoms with E-state index in [0.29, 0.717) is 12.8 Å². The van der Waals surface area contributed by atoms with Gasteiger partial charge in [-0.05, 0) is 43.9 Å². The molecule has 1 fully saturated rings. The van der Waals surface area contributed by atoms with E-state index in [1.54, 1.807) is 13.0 Å². The number of hydrogen-bond donors (Lipinski definition) is 1. The fourth-order valence-electron chi connectivity index (χ4n) is 2.30. The Labute approximate surface area is 130 Å². The minimum Gasteiger partial charge on any atom is -0.474 e. The first-order chi connectivity index (χ1) is 10.5. The third-order valence-corrected chi connectivity index (χ3v) is 4.37. The largest absolute Gasteiger partial charge is 0.474 e. The van der Waals surface area contributed by atoms with Crippen molar-refractivity contribution in [2.45, 2.75) is 31.8 Å². The fourth-order valence-corrected chi connectivity index (χ4v) is 2.83. The maximum absolute atomic E-state index is 13.9. The molecule has 0 saturated heterocycles. The molecule has 0 bridgehead atoms. The Kier molecular flexibility index (Phi) is 3.82. The molecule has 0 atom stereocenters. The average molecular weight is 324 g/mol. The summed E-state index contributed by atoms with van der Waals surface area (Å²) in [5.74, 6) is -0.877. The molecule has 7 heteroatoms. The number of amides is 1. The van der Waals surface area contributed by atoms with Crippen LogP contribution >= 0.6 is 11.3 Å². The highest BCUT2D eigenvalue weighted by molar-refractivity contribution is 7.14. The van der Waals surface area contributed by atoms with Gasteiger partial charge in [-0.2, -0.15) is 4.39 Å². The van der Waals surface area contributed by atoms with E-state index in [9.17, 15) is 13.6 Å². The molecule has 0 unspecified atom stereocenters. The number of nitrogens with zero attached hydrogens (tertiary/aromatic N) is 1. The molecule has 1 N–H and O–H groups in total. The quantitative estimate of drug-likeness (QED) is 0.933. The Bertz CT molecular complexity index is 713. The third kappa shape index (κ3) is 2.81. The zero-order chi connectivity index (χ0) is 15.7. The lowest BCUT2D eigenvalue weighted by atomic mass is 9.79. The van der Waals surface area contributed by atoms with Gasteiger partial charge in [0, 0.05) is 0 Å². The number of halogens is 2. The highest BCUT2D eigenvalue weighted by atomic mass is 32.1. The number of carbonyl (C=O) groups is 1. The van der Waals surface area contributed by atoms with Crippen LogP contribution in [-0.2, 0) is 4.79 Å². The standard InChI is InChI=1S/C15H14F2N2O2S/c1-9-3-4-11(10(16)7-9)21-15(5-2-6-15)13(20)19-14-18-8-12(17)22-14/h3-4,7-8H,2,5-6H2,1H3,(H,18,19,20). The molecule has 1 amide bonds. The molecule has 1 aromatic carbocycles. The summed E-state index contributed by atoms with van der Waals surface area (Å²) < 4.78 is 32.5. The molecule has 2 aromatic rings. The van der Waals surface area contributed by atoms with Crippen molar-refractivity contribution in [3.63, 3.8) is 0 Å². The van der Waals surface area contributed by atoms with E-state index in [1.165, 1.54) is 12.1 Å². The minimum atomic E-state index is -1.11. The van der Waals surface area contributed by atoms with Gasteiger partial charge in [-0.3, -0.25) is 10.1 Å². The lowest BCUT2D eigenvalue weighted by Crippen LogP contribution is -2.53. The molecule has 0 spiro atoms. The van der Waals surface area contributed by atoms with Crippen LogP contribution in [-0.4, -0.2) is 16.5 Å². The van der Waals surface area contributed by atoms with E-state index in [1.807, 2.05) is 0 Å². The van der Waals surface area contributed by atoms with Gasteiger partial charge in [-0.15, -0.1) is 0 Å². The van der Waals surface area contributed by atoms with Gasteiger partial charge in [0.05, 0.1) is 6.20 Å². The molecule has 22 heavy (non-hydrogen) atoms. The molecular weight excluding hydrogens is 310 g/mol. The minimum absolute atomic E-state index is 0.0470. The van der Waals surface area contributed by atoms with Gasteiger partial charge in [0.2, 0.25) is 0 Å². The molecule has 1 aliphatic rings. The van der Waals surface area contributed by atoms with E-state index in [4.69, 9.17) is 4.74 Å². The van der Waals surface area contributed by atoms with Gasteiger partial charge in [0.25, 0.3) is 5.91 Å². The molecule has 1 saturated carbocycles. The summed E-state index contributed by atoms with van der Waals surface area (Å²) in [6, 6.07) is 4.59. The second-order valence-electron chi connectivity index (χ2n) is 5.31. The van der Waals surface area contributed by atoms with Crippen molar-refractivity contribution in [2.75, 3.05) is 5.32 Å². The number of rotatable bonds is 4. The zero-order valence-corrected chi connectivity index (χ0v) is 12.7. The third-order valence-electron chi connectivity index (χ3n) is 3.67. The summed E-state index contributed by atoms with van der Waals surface area (Å²) in [5, 5.41) is 2.22. The molecule has 4 nitrogen and oxygen atoms in total. The monoisotopic (exact) mass is 324 g/mol. The predicted octanol–water partition coefficient (Wildman–Crippen LogP) is 3.67. The molecule has 3 rings (SSSR count). The van der Waals surface area contributed by atoms with E-state index in [-0.39, 0.29) is 10.9 Å². The van der Waals surface area contributed by atoms with Crippen molar-refractivity contribution in [2.24, 2.45) is 0 Å². The first-order valence-electron chi connectivity index (χ1n) is 6.86. The Morgan fingerprint density at radius 3 is 2.73 bits per heavy atom. The van der Waals surface area contributed by atoms with Gasteiger partial charge in [0.1, 0.15) is 0 Å². The van der Waals surface area contributed by atoms with Crippen molar-refractivity contribution in [3.05, 3.63) is 40.9 Å². The van der Waals surface area contributed by atoms with Gasteiger partial charge in [-0.1, -0.05) is 17.4 Å². The van der Waals surface area contributed by atoms with Crippen LogP contribution in [0, 0.1) is 17.9 Å². The normalized spacial score (nSPS) is 16.0. The van der Waals surface area contributed by atoms with E-state index in [0.717, 1.165) is 29.5 Å². The Morgan fingerprint density at radius 1 is 1.41 bits per heavy atom. The van der Waals surface area contributed by atoms with Crippen LogP contribution in [0.1, 0.15) is 24.8 Å². The van der Waals surface area contributed by atoms with Crippen molar-refractivity contribution in [1.82, 2.24) is 4.98 Å². The number of carbonyl (C=O) groups excluding carboxylic acids is 1. The first-order valence-corrected chi connectivity index (χ1v) is 7.68. The lowest BCUT2D eigenvalue weighted by molar-refractivity contribution is -0.138. The number of aryl methyl sites for hydroxylation is 1. The summed E-state index contributed by atoms with van der Waals surface area (Å²) in [6.45, 7) is 1.77. The van der Waals surface area contributed by atoms with Crippen LogP contribution in [0.2, 0.25) is 0 Å². The zero-order valence-electron chi connectivity index (χ0n) is 11.9. The average Bonchev–Trinajstić information content (AvgIpc) is 2.81. The molecule has 0 aliphatic heterocycles. The molecule has 116 valence electrons. The maximum Gasteiger partial charge on any atom is 0.270 e. The number of anilines is 1. The summed E-state index contributed by atoms with van der Waals surface area (Å²) >= 11 is 0.739. The predicted molar refractivity (Wildman–Crippen MR) is 79.0 cm³/mol. The fraction of sp³-hybridized carbons (Fsp3) is 0.333. The van der Waals surface area contributed by atoms with E-state index >= 15 is 0 Å². The van der Waals surface area contributed by atoms with Crippen LogP contribution in [0.5, 0.6) is 5.75 Å². The highest BCUT2D eigenvalue weighted by Crippen LogP contribution is 2.38. The van der Waals surface area contributed by atoms with Crippen LogP contribution in [0.4, 0.5) is 13.9 Å². The summed E-state index contributed by atoms with van der Waals surface area (Å²) in [5.41, 5.74) is -0.339. The van der Waals surface area contributed by atoms with E-state index < -0.39 is 22.5 Å². The van der Waals surface area contributed by atoms with Crippen LogP contribution < -0.4 is 10.1 Å². The van der Waals surface area contributed by atoms with Crippen LogP contribution in [0.3, 0.4) is 0 Å². The van der Waals surface area contributed by atoms with Crippen molar-refractivity contribution >= 4 is 22.4 Å². The number of nitrogens with one attached hydrogen (secondary N) is 1. The van der Waals surface area contributed by atoms with Crippen molar-refractivity contribution in [3.8, 4) is 5.75 Å². The Hall–Kier alpha value is -2.02. The van der Waals surface area contributed by atoms with Gasteiger partial charge >= 0.3 is 0 Å². The molecule has 1 aliphatic carbocycles. The Balaban J connectivity index is 1.77. The number of thiazole rings is 1. The lowest BCUT2D eigenvalue weighted by Gasteiger charge is -2.39. The van der Waals surface area contributed by atoms with E-state index in [2.05, 4.69) is 10.3 Å². The molecule has 0 radical (unpaired) electrons. The summed E-state index contributed by atoms with van der Waals surface area (Å²) in [4.78, 5) is 16.1. The second-order valence-corrected chi connectivity index (χ2v) is 6.29. The topological polar surface area (TPSA) is 51.2 Å². The molecule has 1 aromatic heterocycles. The van der Waals surface area contributed by atoms with Crippen LogP contribution in [0.25, 0.3) is 0 Å². The van der Waals surface area contributed by atoms with Crippen LogP contribution in [0.15, 0.2) is 24.4 Å². The summed E-state index contributed by atoms with van der Waals surface area (Å²) in [6.07, 6.45) is 2.82. The van der Waals surface area contributed by atoms with Crippen molar-refractivity contribution < 1.29 is 18.3 Å². The van der Waals surface area contributed by atoms with Gasteiger partial charge < -0.3 is 4.74 Å². The number of aromatic nitrogens is 1. The smallest absolute Gasteiger partial charge is 0.270 e. The van der Waals surface area contributed by atoms with Gasteiger partial charge in [0.15, 0.2) is 27.4 Å². The number of ether oxygens (including phenoxy) is 1. The first kappa shape index (κ1) is 14.9. The maximum atomic E-state index is 13.9. The second kappa shape index (κ2) is 5.64. The Morgan fingerprint density at radius 2 is 2.18 bits per heavy atom. The molecule has 1 heterocycles. The SMILES string of the molecule is Cc1ccc(OC2(C(=O)Nc3ncc(F)s3)CCC2)c(F)c1. The molecular formula is C15H14F2N2O2S. The van der Waals surface area contributed by atoms with Gasteiger partial charge in [-0.25, -0.2) is 9.37 Å². The number of benzene rings is 1. The number of hydrogen-bond acceptors (Lipinski definition) is 4. The summed E-state index contributed by atoms with van der Waals surface area (Å²) in [7, 11) is 0. The van der Waals surface area contributed by atoms with Crippen molar-refractivity contribution in [1.29, 1.82) is 0 Å². The highest BCUT2D eigenvalue weighted by Gasteiger charge is 2.47.